The van der Waals surface area contributed by atoms with Crippen LogP contribution in [0, 0.1) is 21.4 Å². The molecule has 0 amide bonds. The maximum absolute atomic E-state index is 13.5. The molecule has 0 fully saturated rings. The summed E-state index contributed by atoms with van der Waals surface area (Å²) in [7, 11) is 0. The Morgan fingerprint density at radius 2 is 2.03 bits per heavy atom. The van der Waals surface area contributed by atoms with E-state index in [0.29, 0.717) is 22.2 Å². The number of fused-ring (bicyclic) bond motifs is 2. The summed E-state index contributed by atoms with van der Waals surface area (Å²) in [4.78, 5) is 29.3. The molecule has 0 bridgehead atoms. The van der Waals surface area contributed by atoms with Crippen LogP contribution in [0.15, 0.2) is 79.4 Å². The lowest BCUT2D eigenvalue weighted by Gasteiger charge is -2.11. The van der Waals surface area contributed by atoms with Crippen molar-refractivity contribution in [1.82, 2.24) is 9.66 Å². The molecule has 0 saturated carbocycles. The number of benzene rings is 3. The summed E-state index contributed by atoms with van der Waals surface area (Å²) in [5.74, 6) is 0.356. The molecule has 194 valence electrons. The van der Waals surface area contributed by atoms with Gasteiger partial charge in [0.2, 0.25) is 11.6 Å². The molecule has 12 heteroatoms. The maximum atomic E-state index is 13.5. The summed E-state index contributed by atoms with van der Waals surface area (Å²) in [6.45, 7) is 1.50. The number of nitro benzene ring substituents is 1. The van der Waals surface area contributed by atoms with Crippen LogP contribution in [-0.4, -0.2) is 34.0 Å². The fourth-order valence-corrected chi connectivity index (χ4v) is 4.35. The molecule has 0 aliphatic heterocycles. The van der Waals surface area contributed by atoms with Crippen LogP contribution in [-0.2, 0) is 0 Å². The summed E-state index contributed by atoms with van der Waals surface area (Å²) < 4.78 is 18.7. The van der Waals surface area contributed by atoms with E-state index in [4.69, 9.17) is 19.2 Å². The molecular weight excluding hydrogens is 570 g/mol. The Balaban J connectivity index is 1.68. The number of hydrogen-bond donors (Lipinski definition) is 0. The van der Waals surface area contributed by atoms with E-state index in [-0.39, 0.29) is 29.5 Å². The molecule has 39 heavy (non-hydrogen) atoms. The molecule has 2 heterocycles. The van der Waals surface area contributed by atoms with Crippen LogP contribution in [0.2, 0.25) is 0 Å². The van der Waals surface area contributed by atoms with E-state index in [9.17, 15) is 14.9 Å². The first kappa shape index (κ1) is 25.6. The van der Waals surface area contributed by atoms with Crippen LogP contribution >= 0.6 is 15.9 Å². The molecule has 0 radical (unpaired) electrons. The van der Waals surface area contributed by atoms with Crippen molar-refractivity contribution in [3.63, 3.8) is 0 Å². The van der Waals surface area contributed by atoms with Crippen molar-refractivity contribution in [3.05, 3.63) is 91.2 Å². The minimum atomic E-state index is -0.645. The number of halogens is 1. The standard InChI is InChI=1S/C27H18BrN5O6/c1-2-37-23-12-16(11-21(33(35)36)25(23)38-10-9-29)15-30-32-26(31-20-6-4-3-5-19(20)27(32)34)24-14-17-13-18(28)7-8-22(17)39-24/h3-8,11-15H,2,10H2,1H3. The van der Waals surface area contributed by atoms with E-state index >= 15 is 0 Å². The van der Waals surface area contributed by atoms with Gasteiger partial charge >= 0.3 is 5.69 Å². The lowest BCUT2D eigenvalue weighted by atomic mass is 10.2. The summed E-state index contributed by atoms with van der Waals surface area (Å²) in [5.41, 5.74) is 0.440. The van der Waals surface area contributed by atoms with Gasteiger partial charge in [-0.15, -0.1) is 0 Å². The molecule has 5 aromatic rings. The summed E-state index contributed by atoms with van der Waals surface area (Å²) in [6, 6.07) is 18.6. The van der Waals surface area contributed by atoms with E-state index < -0.39 is 22.8 Å². The van der Waals surface area contributed by atoms with Crippen LogP contribution in [0.1, 0.15) is 12.5 Å². The van der Waals surface area contributed by atoms with Crippen molar-refractivity contribution in [2.75, 3.05) is 13.2 Å². The Kier molecular flexibility index (Phi) is 7.07. The third-order valence-corrected chi connectivity index (χ3v) is 6.10. The largest absolute Gasteiger partial charge is 0.490 e. The predicted octanol–water partition coefficient (Wildman–Crippen LogP) is 5.66. The zero-order chi connectivity index (χ0) is 27.5. The van der Waals surface area contributed by atoms with Crippen molar-refractivity contribution in [1.29, 1.82) is 5.26 Å². The van der Waals surface area contributed by atoms with E-state index in [2.05, 4.69) is 26.0 Å². The third-order valence-electron chi connectivity index (χ3n) is 5.61. The lowest BCUT2D eigenvalue weighted by molar-refractivity contribution is -0.385. The summed E-state index contributed by atoms with van der Waals surface area (Å²) in [6.07, 6.45) is 1.28. The lowest BCUT2D eigenvalue weighted by Crippen LogP contribution is -2.20. The third kappa shape index (κ3) is 5.07. The Labute approximate surface area is 228 Å². The predicted molar refractivity (Wildman–Crippen MR) is 147 cm³/mol. The first-order valence-corrected chi connectivity index (χ1v) is 12.4. The molecule has 0 saturated heterocycles. The molecule has 0 aliphatic rings. The van der Waals surface area contributed by atoms with Gasteiger partial charge in [-0.2, -0.15) is 15.0 Å². The van der Waals surface area contributed by atoms with Crippen molar-refractivity contribution in [3.8, 4) is 29.2 Å². The van der Waals surface area contributed by atoms with E-state index in [1.165, 1.54) is 18.3 Å². The van der Waals surface area contributed by atoms with Gasteiger partial charge in [-0.1, -0.05) is 28.1 Å². The molecule has 0 unspecified atom stereocenters. The van der Waals surface area contributed by atoms with Crippen LogP contribution in [0.3, 0.4) is 0 Å². The zero-order valence-electron chi connectivity index (χ0n) is 20.3. The average molecular weight is 588 g/mol. The van der Waals surface area contributed by atoms with Crippen LogP contribution < -0.4 is 15.0 Å². The zero-order valence-corrected chi connectivity index (χ0v) is 21.9. The second-order valence-corrected chi connectivity index (χ2v) is 9.03. The normalized spacial score (nSPS) is 11.2. The van der Waals surface area contributed by atoms with Crippen molar-refractivity contribution in [2.24, 2.45) is 5.10 Å². The quantitative estimate of drug-likeness (QED) is 0.128. The number of hydrogen-bond acceptors (Lipinski definition) is 9. The van der Waals surface area contributed by atoms with Crippen molar-refractivity contribution >= 4 is 49.7 Å². The minimum absolute atomic E-state index is 0.0652. The van der Waals surface area contributed by atoms with Gasteiger partial charge < -0.3 is 13.9 Å². The highest BCUT2D eigenvalue weighted by molar-refractivity contribution is 9.10. The summed E-state index contributed by atoms with van der Waals surface area (Å²) in [5, 5.41) is 26.1. The number of nitriles is 1. The Morgan fingerprint density at radius 3 is 2.79 bits per heavy atom. The number of nitro groups is 1. The number of aromatic nitrogens is 2. The fraction of sp³-hybridized carbons (Fsp3) is 0.111. The Morgan fingerprint density at radius 1 is 1.21 bits per heavy atom. The molecule has 5 rings (SSSR count). The second-order valence-electron chi connectivity index (χ2n) is 8.11. The van der Waals surface area contributed by atoms with Gasteiger partial charge in [0.1, 0.15) is 11.7 Å². The van der Waals surface area contributed by atoms with E-state index in [1.54, 1.807) is 49.4 Å². The maximum Gasteiger partial charge on any atom is 0.315 e. The number of para-hydroxylation sites is 1. The first-order chi connectivity index (χ1) is 18.9. The van der Waals surface area contributed by atoms with Gasteiger partial charge in [-0.05, 0) is 49.4 Å². The monoisotopic (exact) mass is 587 g/mol. The van der Waals surface area contributed by atoms with Crippen molar-refractivity contribution < 1.29 is 18.8 Å². The minimum Gasteiger partial charge on any atom is -0.490 e. The van der Waals surface area contributed by atoms with Gasteiger partial charge in [0.05, 0.1) is 28.6 Å². The Bertz CT molecular complexity index is 1870. The molecule has 0 spiro atoms. The number of furan rings is 1. The first-order valence-electron chi connectivity index (χ1n) is 11.6. The smallest absolute Gasteiger partial charge is 0.315 e. The second kappa shape index (κ2) is 10.8. The molecule has 11 nitrogen and oxygen atoms in total. The number of ether oxygens (including phenoxy) is 2. The summed E-state index contributed by atoms with van der Waals surface area (Å²) >= 11 is 3.44. The topological polar surface area (TPSA) is 146 Å². The molecule has 0 aliphatic carbocycles. The fourth-order valence-electron chi connectivity index (χ4n) is 3.97. The van der Waals surface area contributed by atoms with E-state index in [1.807, 2.05) is 12.1 Å². The number of rotatable bonds is 8. The van der Waals surface area contributed by atoms with E-state index in [0.717, 1.165) is 14.5 Å². The molecule has 2 aromatic heterocycles. The highest BCUT2D eigenvalue weighted by Crippen LogP contribution is 2.38. The molecule has 0 N–H and O–H groups in total. The van der Waals surface area contributed by atoms with Crippen LogP contribution in [0.4, 0.5) is 5.69 Å². The molecule has 3 aromatic carbocycles. The number of nitrogens with zero attached hydrogens (tertiary/aromatic N) is 5. The van der Waals surface area contributed by atoms with Crippen LogP contribution in [0.5, 0.6) is 11.5 Å². The highest BCUT2D eigenvalue weighted by atomic mass is 79.9. The molecular formula is C27H18BrN5O6. The average Bonchev–Trinajstić information content (AvgIpc) is 3.34. The highest BCUT2D eigenvalue weighted by Gasteiger charge is 2.23. The Hall–Kier alpha value is -5.02. The SMILES string of the molecule is CCOc1cc(C=Nn2c(-c3cc4cc(Br)ccc4o3)nc3ccccc3c2=O)cc([N+](=O)[O-])c1OCC#N. The van der Waals surface area contributed by atoms with Gasteiger partial charge in [0, 0.05) is 21.5 Å². The van der Waals surface area contributed by atoms with Gasteiger partial charge in [0.25, 0.3) is 5.56 Å². The van der Waals surface area contributed by atoms with Gasteiger partial charge in [-0.3, -0.25) is 14.9 Å². The van der Waals surface area contributed by atoms with Gasteiger partial charge in [-0.25, -0.2) is 4.98 Å². The van der Waals surface area contributed by atoms with Crippen LogP contribution in [0.25, 0.3) is 33.5 Å². The van der Waals surface area contributed by atoms with Crippen molar-refractivity contribution in [2.45, 2.75) is 6.92 Å². The molecule has 0 atom stereocenters. The van der Waals surface area contributed by atoms with Gasteiger partial charge in [0.15, 0.2) is 18.1 Å².